The lowest BCUT2D eigenvalue weighted by Crippen LogP contribution is -2.24. The van der Waals surface area contributed by atoms with Gasteiger partial charge >= 0.3 is 5.97 Å². The van der Waals surface area contributed by atoms with Gasteiger partial charge in [-0.3, -0.25) is 4.79 Å². The van der Waals surface area contributed by atoms with Crippen molar-refractivity contribution < 1.29 is 19.1 Å². The van der Waals surface area contributed by atoms with E-state index in [1.165, 1.54) is 11.0 Å². The molecule has 1 amide bonds. The summed E-state index contributed by atoms with van der Waals surface area (Å²) in [7, 11) is 0. The number of hydrogen-bond donors (Lipinski definition) is 1. The number of aromatic carboxylic acids is 1. The van der Waals surface area contributed by atoms with Gasteiger partial charge in [-0.15, -0.1) is 12.3 Å². The summed E-state index contributed by atoms with van der Waals surface area (Å²) < 4.78 is 13.3. The van der Waals surface area contributed by atoms with Crippen molar-refractivity contribution in [3.8, 4) is 12.3 Å². The predicted octanol–water partition coefficient (Wildman–Crippen LogP) is 1.51. The standard InChI is InChI=1S/C13H10FNO3/c1-2-8-3-12(16)15(7-8)11-5-9(13(17)18)4-10(14)6-11/h1,4-6,8H,3,7H2,(H,17,18). The van der Waals surface area contributed by atoms with Gasteiger partial charge in [0.05, 0.1) is 5.56 Å². The molecule has 0 spiro atoms. The second kappa shape index (κ2) is 4.49. The molecule has 0 aliphatic carbocycles. The zero-order valence-electron chi connectivity index (χ0n) is 9.39. The molecular weight excluding hydrogens is 237 g/mol. The molecule has 1 unspecified atom stereocenters. The van der Waals surface area contributed by atoms with Crippen LogP contribution in [0, 0.1) is 24.1 Å². The number of carbonyl (C=O) groups is 2. The average molecular weight is 247 g/mol. The highest BCUT2D eigenvalue weighted by Gasteiger charge is 2.30. The van der Waals surface area contributed by atoms with Gasteiger partial charge in [-0.2, -0.15) is 0 Å². The van der Waals surface area contributed by atoms with Crippen LogP contribution in [0.25, 0.3) is 0 Å². The van der Waals surface area contributed by atoms with Crippen molar-refractivity contribution in [1.82, 2.24) is 0 Å². The number of rotatable bonds is 2. The van der Waals surface area contributed by atoms with Gasteiger partial charge in [0.25, 0.3) is 0 Å². The lowest BCUT2D eigenvalue weighted by Gasteiger charge is -2.16. The van der Waals surface area contributed by atoms with Crippen LogP contribution in [0.5, 0.6) is 0 Å². The summed E-state index contributed by atoms with van der Waals surface area (Å²) >= 11 is 0. The number of carbonyl (C=O) groups excluding carboxylic acids is 1. The molecule has 1 heterocycles. The molecule has 5 heteroatoms. The van der Waals surface area contributed by atoms with Crippen LogP contribution in [0.2, 0.25) is 0 Å². The van der Waals surface area contributed by atoms with Crippen LogP contribution >= 0.6 is 0 Å². The van der Waals surface area contributed by atoms with Crippen LogP contribution < -0.4 is 4.90 Å². The van der Waals surface area contributed by atoms with Crippen LogP contribution in [-0.4, -0.2) is 23.5 Å². The number of carboxylic acid groups (broad SMARTS) is 1. The molecule has 1 saturated heterocycles. The Kier molecular flexibility index (Phi) is 3.02. The summed E-state index contributed by atoms with van der Waals surface area (Å²) in [5.74, 6) is 0.105. The van der Waals surface area contributed by atoms with E-state index in [2.05, 4.69) is 5.92 Å². The first-order chi connectivity index (χ1) is 8.51. The van der Waals surface area contributed by atoms with Crippen LogP contribution in [-0.2, 0) is 4.79 Å². The Labute approximate surface area is 103 Å². The topological polar surface area (TPSA) is 57.6 Å². The van der Waals surface area contributed by atoms with Crippen LogP contribution in [0.3, 0.4) is 0 Å². The Balaban J connectivity index is 2.37. The maximum absolute atomic E-state index is 13.3. The smallest absolute Gasteiger partial charge is 0.335 e. The van der Waals surface area contributed by atoms with E-state index in [0.29, 0.717) is 0 Å². The van der Waals surface area contributed by atoms with Gasteiger partial charge in [-0.1, -0.05) is 0 Å². The minimum Gasteiger partial charge on any atom is -0.478 e. The van der Waals surface area contributed by atoms with Gasteiger partial charge in [0.1, 0.15) is 5.82 Å². The minimum atomic E-state index is -1.24. The highest BCUT2D eigenvalue weighted by molar-refractivity contribution is 5.97. The van der Waals surface area contributed by atoms with E-state index in [4.69, 9.17) is 11.5 Å². The molecule has 1 atom stereocenters. The van der Waals surface area contributed by atoms with Gasteiger partial charge in [0, 0.05) is 24.6 Å². The van der Waals surface area contributed by atoms with Crippen molar-refractivity contribution in [3.63, 3.8) is 0 Å². The fourth-order valence-corrected chi connectivity index (χ4v) is 1.92. The fourth-order valence-electron chi connectivity index (χ4n) is 1.92. The third-order valence-electron chi connectivity index (χ3n) is 2.80. The van der Waals surface area contributed by atoms with Gasteiger partial charge < -0.3 is 10.0 Å². The summed E-state index contributed by atoms with van der Waals surface area (Å²) in [4.78, 5) is 23.8. The summed E-state index contributed by atoms with van der Waals surface area (Å²) in [6, 6.07) is 3.30. The van der Waals surface area contributed by atoms with E-state index in [9.17, 15) is 14.0 Å². The Bertz CT molecular complexity index is 562. The largest absolute Gasteiger partial charge is 0.478 e. The second-order valence-electron chi connectivity index (χ2n) is 4.08. The maximum Gasteiger partial charge on any atom is 0.335 e. The molecule has 0 aromatic heterocycles. The average Bonchev–Trinajstić information content (AvgIpc) is 2.69. The number of carboxylic acids is 1. The van der Waals surface area contributed by atoms with Crippen molar-refractivity contribution >= 4 is 17.6 Å². The van der Waals surface area contributed by atoms with E-state index >= 15 is 0 Å². The fraction of sp³-hybridized carbons (Fsp3) is 0.231. The molecule has 18 heavy (non-hydrogen) atoms. The highest BCUT2D eigenvalue weighted by Crippen LogP contribution is 2.26. The monoisotopic (exact) mass is 247 g/mol. The minimum absolute atomic E-state index is 0.193. The molecule has 2 rings (SSSR count). The molecule has 1 fully saturated rings. The Morgan fingerprint density at radius 2 is 2.22 bits per heavy atom. The third-order valence-corrected chi connectivity index (χ3v) is 2.80. The molecule has 0 saturated carbocycles. The SMILES string of the molecule is C#CC1CC(=O)N(c2cc(F)cc(C(=O)O)c2)C1. The number of halogens is 1. The molecule has 1 N–H and O–H groups in total. The van der Waals surface area contributed by atoms with E-state index in [0.717, 1.165) is 12.1 Å². The molecule has 1 aromatic carbocycles. The summed E-state index contributed by atoms with van der Waals surface area (Å²) in [6.07, 6.45) is 5.45. The maximum atomic E-state index is 13.3. The Morgan fingerprint density at radius 3 is 2.78 bits per heavy atom. The molecular formula is C13H10FNO3. The number of anilines is 1. The van der Waals surface area contributed by atoms with Crippen LogP contribution in [0.4, 0.5) is 10.1 Å². The summed E-state index contributed by atoms with van der Waals surface area (Å²) in [5, 5.41) is 8.84. The number of terminal acetylenes is 1. The predicted molar refractivity (Wildman–Crippen MR) is 62.7 cm³/mol. The number of benzene rings is 1. The van der Waals surface area contributed by atoms with Crippen molar-refractivity contribution in [3.05, 3.63) is 29.6 Å². The first kappa shape index (κ1) is 12.1. The van der Waals surface area contributed by atoms with E-state index in [1.54, 1.807) is 0 Å². The zero-order valence-corrected chi connectivity index (χ0v) is 9.39. The molecule has 0 radical (unpaired) electrons. The van der Waals surface area contributed by atoms with Crippen molar-refractivity contribution in [2.45, 2.75) is 6.42 Å². The third kappa shape index (κ3) is 2.18. The number of hydrogen-bond acceptors (Lipinski definition) is 2. The van der Waals surface area contributed by atoms with Gasteiger partial charge in [-0.25, -0.2) is 9.18 Å². The van der Waals surface area contributed by atoms with Crippen LogP contribution in [0.1, 0.15) is 16.8 Å². The van der Waals surface area contributed by atoms with E-state index in [1.807, 2.05) is 0 Å². The molecule has 1 aliphatic rings. The van der Waals surface area contributed by atoms with E-state index < -0.39 is 11.8 Å². The number of nitrogens with zero attached hydrogens (tertiary/aromatic N) is 1. The second-order valence-corrected chi connectivity index (χ2v) is 4.08. The first-order valence-electron chi connectivity index (χ1n) is 5.31. The van der Waals surface area contributed by atoms with Gasteiger partial charge in [0.15, 0.2) is 0 Å². The van der Waals surface area contributed by atoms with Gasteiger partial charge in [-0.05, 0) is 18.2 Å². The number of amides is 1. The normalized spacial score (nSPS) is 18.8. The highest BCUT2D eigenvalue weighted by atomic mass is 19.1. The van der Waals surface area contributed by atoms with Gasteiger partial charge in [0.2, 0.25) is 5.91 Å². The first-order valence-corrected chi connectivity index (χ1v) is 5.31. The van der Waals surface area contributed by atoms with Crippen molar-refractivity contribution in [2.24, 2.45) is 5.92 Å². The van der Waals surface area contributed by atoms with Crippen molar-refractivity contribution in [1.29, 1.82) is 0 Å². The zero-order chi connectivity index (χ0) is 13.3. The molecule has 92 valence electrons. The lowest BCUT2D eigenvalue weighted by molar-refractivity contribution is -0.117. The van der Waals surface area contributed by atoms with E-state index in [-0.39, 0.29) is 36.0 Å². The Morgan fingerprint density at radius 1 is 1.50 bits per heavy atom. The molecule has 1 aliphatic heterocycles. The Hall–Kier alpha value is -2.35. The van der Waals surface area contributed by atoms with Crippen LogP contribution in [0.15, 0.2) is 18.2 Å². The molecule has 1 aromatic rings. The van der Waals surface area contributed by atoms with Crippen molar-refractivity contribution in [2.75, 3.05) is 11.4 Å². The molecule has 4 nitrogen and oxygen atoms in total. The summed E-state index contributed by atoms with van der Waals surface area (Å²) in [5.41, 5.74) is 0.0390. The lowest BCUT2D eigenvalue weighted by atomic mass is 10.1. The molecule has 0 bridgehead atoms. The summed E-state index contributed by atoms with van der Waals surface area (Å²) in [6.45, 7) is 0.290. The quantitative estimate of drug-likeness (QED) is 0.806.